The molecule has 0 radical (unpaired) electrons. The van der Waals surface area contributed by atoms with Crippen LogP contribution in [0.25, 0.3) is 10.8 Å². The summed E-state index contributed by atoms with van der Waals surface area (Å²) in [5, 5.41) is 16.1. The lowest BCUT2D eigenvalue weighted by atomic mass is 9.95. The molecule has 2 N–H and O–H groups in total. The molecule has 0 unspecified atom stereocenters. The Balaban J connectivity index is 1.15. The van der Waals surface area contributed by atoms with Crippen LogP contribution in [0, 0.1) is 11.3 Å². The monoisotopic (exact) mass is 500 g/mol. The molecule has 1 aromatic carbocycles. The highest BCUT2D eigenvalue weighted by Crippen LogP contribution is 2.57. The fourth-order valence-corrected chi connectivity index (χ4v) is 6.41. The molecule has 4 heterocycles. The minimum absolute atomic E-state index is 0.0167. The van der Waals surface area contributed by atoms with Gasteiger partial charge in [-0.3, -0.25) is 9.69 Å². The summed E-state index contributed by atoms with van der Waals surface area (Å²) in [6, 6.07) is 5.97. The lowest BCUT2D eigenvalue weighted by Crippen LogP contribution is -2.60. The van der Waals surface area contributed by atoms with Crippen LogP contribution < -0.4 is 10.2 Å². The Kier molecular flexibility index (Phi) is 5.92. The maximum Gasteiger partial charge on any atom is 0.229 e. The van der Waals surface area contributed by atoms with E-state index < -0.39 is 6.10 Å². The average Bonchev–Trinajstić information content (AvgIpc) is 3.44. The van der Waals surface area contributed by atoms with Crippen molar-refractivity contribution < 1.29 is 19.4 Å². The molecule has 4 fully saturated rings. The van der Waals surface area contributed by atoms with E-state index in [9.17, 15) is 9.90 Å². The number of piperazine rings is 1. The minimum Gasteiger partial charge on any atom is -0.389 e. The number of aromatic nitrogens is 1. The number of carbonyl (C=O) groups excluding carboxylic acids is 1. The van der Waals surface area contributed by atoms with Gasteiger partial charge in [0.25, 0.3) is 0 Å². The molecule has 8 nitrogen and oxygen atoms in total. The van der Waals surface area contributed by atoms with Crippen molar-refractivity contribution in [3.8, 4) is 0 Å². The topological polar surface area (TPSA) is 87.2 Å². The van der Waals surface area contributed by atoms with Gasteiger partial charge in [-0.05, 0) is 49.8 Å². The van der Waals surface area contributed by atoms with Crippen LogP contribution >= 0.6 is 11.6 Å². The first-order chi connectivity index (χ1) is 16.9. The number of anilines is 2. The average molecular weight is 501 g/mol. The van der Waals surface area contributed by atoms with Gasteiger partial charge in [0.15, 0.2) is 0 Å². The van der Waals surface area contributed by atoms with Crippen molar-refractivity contribution >= 4 is 39.8 Å². The number of carbonyl (C=O) groups is 1. The summed E-state index contributed by atoms with van der Waals surface area (Å²) in [4.78, 5) is 22.0. The van der Waals surface area contributed by atoms with Crippen LogP contribution in [-0.2, 0) is 14.3 Å². The first-order valence-corrected chi connectivity index (χ1v) is 13.0. The van der Waals surface area contributed by atoms with Gasteiger partial charge in [0.05, 0.1) is 42.2 Å². The van der Waals surface area contributed by atoms with Crippen LogP contribution in [0.4, 0.5) is 11.5 Å². The molecule has 1 saturated carbocycles. The number of amides is 1. The summed E-state index contributed by atoms with van der Waals surface area (Å²) in [5.74, 6) is 0.629. The summed E-state index contributed by atoms with van der Waals surface area (Å²) in [6.45, 7) is 7.82. The molecule has 4 atom stereocenters. The van der Waals surface area contributed by atoms with Crippen molar-refractivity contribution in [2.24, 2.45) is 11.3 Å². The van der Waals surface area contributed by atoms with E-state index in [1.54, 1.807) is 6.20 Å². The van der Waals surface area contributed by atoms with Crippen molar-refractivity contribution in [3.05, 3.63) is 29.4 Å². The van der Waals surface area contributed by atoms with Crippen molar-refractivity contribution in [3.63, 3.8) is 0 Å². The highest BCUT2D eigenvalue weighted by Gasteiger charge is 2.58. The van der Waals surface area contributed by atoms with E-state index >= 15 is 0 Å². The number of hydrogen-bond donors (Lipinski definition) is 2. The summed E-state index contributed by atoms with van der Waals surface area (Å²) in [5.41, 5.74) is 0.693. The molecule has 6 rings (SSSR count). The molecule has 3 aliphatic heterocycles. The second kappa shape index (κ2) is 8.85. The predicted molar refractivity (Wildman–Crippen MR) is 135 cm³/mol. The molecule has 0 bridgehead atoms. The van der Waals surface area contributed by atoms with Crippen molar-refractivity contribution in [1.82, 2.24) is 9.88 Å². The number of aliphatic hydroxyl groups is 1. The van der Waals surface area contributed by atoms with Crippen molar-refractivity contribution in [1.29, 1.82) is 0 Å². The second-order valence-corrected chi connectivity index (χ2v) is 11.3. The number of halogens is 1. The number of pyridine rings is 1. The summed E-state index contributed by atoms with van der Waals surface area (Å²) in [6.07, 6.45) is 4.31. The molecule has 188 valence electrons. The van der Waals surface area contributed by atoms with Gasteiger partial charge < -0.3 is 24.8 Å². The molecule has 4 aliphatic rings. The molecule has 2 aromatic rings. The minimum atomic E-state index is -0.462. The Morgan fingerprint density at radius 3 is 2.71 bits per heavy atom. The Hall–Kier alpha value is -1.97. The van der Waals surface area contributed by atoms with Crippen LogP contribution in [0.2, 0.25) is 5.02 Å². The van der Waals surface area contributed by atoms with Crippen LogP contribution in [-0.4, -0.2) is 85.1 Å². The van der Waals surface area contributed by atoms with Crippen LogP contribution in [0.5, 0.6) is 0 Å². The zero-order chi connectivity index (χ0) is 24.2. The predicted octanol–water partition coefficient (Wildman–Crippen LogP) is 2.92. The molecule has 9 heteroatoms. The van der Waals surface area contributed by atoms with Gasteiger partial charge in [0, 0.05) is 55.7 Å². The first-order valence-electron chi connectivity index (χ1n) is 12.6. The Morgan fingerprint density at radius 1 is 1.17 bits per heavy atom. The molecule has 1 aromatic heterocycles. The highest BCUT2D eigenvalue weighted by molar-refractivity contribution is 6.34. The number of ether oxygens (including phenoxy) is 2. The number of benzene rings is 1. The molecule has 1 aliphatic carbocycles. The standard InChI is InChI=1S/C26H33ClN4O4/c1-25(15-35-14-22(25)32)31-6-4-30(5-7-31)21-10-17-11-23(28-13-18(17)9-20(21)27)29-24(33)19-12-26(19)3-2-8-34-16-26/h9-11,13,19,22,32H,2-8,12,14-16H2,1H3,(H,28,29,33)/t19-,22-,25+,26+/m0/s1. The van der Waals surface area contributed by atoms with E-state index in [4.69, 9.17) is 21.1 Å². The quantitative estimate of drug-likeness (QED) is 0.667. The third-order valence-electron chi connectivity index (χ3n) is 8.63. The molecule has 1 spiro atoms. The number of rotatable bonds is 4. The third kappa shape index (κ3) is 4.19. The largest absolute Gasteiger partial charge is 0.389 e. The van der Waals surface area contributed by atoms with E-state index in [-0.39, 0.29) is 22.8 Å². The van der Waals surface area contributed by atoms with Crippen LogP contribution in [0.1, 0.15) is 26.2 Å². The Bertz CT molecular complexity index is 1130. The van der Waals surface area contributed by atoms with Crippen molar-refractivity contribution in [2.75, 3.05) is 62.8 Å². The second-order valence-electron chi connectivity index (χ2n) is 10.8. The van der Waals surface area contributed by atoms with E-state index in [0.717, 1.165) is 68.5 Å². The van der Waals surface area contributed by atoms with Gasteiger partial charge in [-0.15, -0.1) is 0 Å². The lowest BCUT2D eigenvalue weighted by molar-refractivity contribution is -0.119. The van der Waals surface area contributed by atoms with Gasteiger partial charge in [-0.25, -0.2) is 4.98 Å². The first kappa shape index (κ1) is 23.4. The van der Waals surface area contributed by atoms with Crippen LogP contribution in [0.3, 0.4) is 0 Å². The van der Waals surface area contributed by atoms with Crippen molar-refractivity contribution in [2.45, 2.75) is 37.8 Å². The van der Waals surface area contributed by atoms with E-state index in [1.165, 1.54) is 0 Å². The highest BCUT2D eigenvalue weighted by atomic mass is 35.5. The number of nitrogens with one attached hydrogen (secondary N) is 1. The number of fused-ring (bicyclic) bond motifs is 1. The SMILES string of the molecule is C[C@@]1(N2CCN(c3cc4cc(NC(=O)[C@@H]5C[C@@]56CCCOC6)ncc4cc3Cl)CC2)COC[C@@H]1O. The summed E-state index contributed by atoms with van der Waals surface area (Å²) in [7, 11) is 0. The molecular formula is C26H33ClN4O4. The fourth-order valence-electron chi connectivity index (χ4n) is 6.12. The number of hydrogen-bond acceptors (Lipinski definition) is 7. The maximum absolute atomic E-state index is 12.9. The normalized spacial score (nSPS) is 33.4. The van der Waals surface area contributed by atoms with E-state index in [1.807, 2.05) is 12.1 Å². The lowest BCUT2D eigenvalue weighted by Gasteiger charge is -2.45. The van der Waals surface area contributed by atoms with Gasteiger partial charge in [-0.2, -0.15) is 0 Å². The molecule has 3 saturated heterocycles. The maximum atomic E-state index is 12.9. The zero-order valence-electron chi connectivity index (χ0n) is 20.1. The number of aliphatic hydroxyl groups excluding tert-OH is 1. The third-order valence-corrected chi connectivity index (χ3v) is 8.93. The fraction of sp³-hybridized carbons (Fsp3) is 0.615. The molecule has 35 heavy (non-hydrogen) atoms. The van der Waals surface area contributed by atoms with Crippen LogP contribution in [0.15, 0.2) is 24.4 Å². The number of nitrogens with zero attached hydrogens (tertiary/aromatic N) is 3. The van der Waals surface area contributed by atoms with E-state index in [0.29, 0.717) is 30.7 Å². The molecule has 1 amide bonds. The van der Waals surface area contributed by atoms with Gasteiger partial charge in [0.1, 0.15) is 5.82 Å². The smallest absolute Gasteiger partial charge is 0.229 e. The van der Waals surface area contributed by atoms with Gasteiger partial charge in [0.2, 0.25) is 5.91 Å². The summed E-state index contributed by atoms with van der Waals surface area (Å²) >= 11 is 6.68. The summed E-state index contributed by atoms with van der Waals surface area (Å²) < 4.78 is 11.2. The Labute approximate surface area is 210 Å². The zero-order valence-corrected chi connectivity index (χ0v) is 20.9. The van der Waals surface area contributed by atoms with E-state index in [2.05, 4.69) is 33.1 Å². The Morgan fingerprint density at radius 2 is 2.00 bits per heavy atom. The van der Waals surface area contributed by atoms with Gasteiger partial charge >= 0.3 is 0 Å². The van der Waals surface area contributed by atoms with Gasteiger partial charge in [-0.1, -0.05) is 11.6 Å². The molecular weight excluding hydrogens is 468 g/mol.